The molecule has 252 valence electrons. The number of methoxy groups -OCH3 is 1. The summed E-state index contributed by atoms with van der Waals surface area (Å²) in [5, 5.41) is 3.25. The van der Waals surface area contributed by atoms with E-state index in [-0.39, 0.29) is 35.5 Å². The number of hydrogen-bond donors (Lipinski definition) is 1. The standard InChI is InChI=1S/C39H45N3O5S/c1-29-19-22-34(23-20-29)48(45,46)42(35-25-30(2)21-24-37(35)47-3)28-38(43)41(27-32-15-9-5-10-16-32)36(26-31-13-7-4-8-14-31)39(44)40-33-17-11-6-12-18-33/h4-5,7-10,13-16,19-25,33,36H,6,11-12,17-18,26-28H2,1-3H3,(H,40,44)/t36-/m0/s1. The van der Waals surface area contributed by atoms with E-state index in [4.69, 9.17) is 4.74 Å². The van der Waals surface area contributed by atoms with E-state index in [2.05, 4.69) is 5.32 Å². The summed E-state index contributed by atoms with van der Waals surface area (Å²) >= 11 is 0. The maximum Gasteiger partial charge on any atom is 0.264 e. The Labute approximate surface area is 284 Å². The highest BCUT2D eigenvalue weighted by Gasteiger charge is 2.36. The molecular weight excluding hydrogens is 623 g/mol. The van der Waals surface area contributed by atoms with Gasteiger partial charge in [-0.05, 0) is 67.6 Å². The summed E-state index contributed by atoms with van der Waals surface area (Å²) in [6.45, 7) is 3.33. The van der Waals surface area contributed by atoms with Gasteiger partial charge in [-0.1, -0.05) is 104 Å². The summed E-state index contributed by atoms with van der Waals surface area (Å²) in [6.07, 6.45) is 5.30. The number of nitrogens with one attached hydrogen (secondary N) is 1. The van der Waals surface area contributed by atoms with Crippen LogP contribution in [0.1, 0.15) is 54.4 Å². The Kier molecular flexibility index (Phi) is 11.5. The molecule has 1 aliphatic carbocycles. The van der Waals surface area contributed by atoms with E-state index in [1.165, 1.54) is 7.11 Å². The average Bonchev–Trinajstić information content (AvgIpc) is 3.10. The van der Waals surface area contributed by atoms with E-state index in [1.54, 1.807) is 41.3 Å². The van der Waals surface area contributed by atoms with Crippen LogP contribution in [0.3, 0.4) is 0 Å². The molecule has 5 rings (SSSR count). The Morgan fingerprint density at radius 1 is 0.812 bits per heavy atom. The van der Waals surface area contributed by atoms with Crippen LogP contribution in [0.2, 0.25) is 0 Å². The molecule has 9 heteroatoms. The van der Waals surface area contributed by atoms with Crippen molar-refractivity contribution in [1.29, 1.82) is 0 Å². The average molecular weight is 668 g/mol. The molecule has 0 bridgehead atoms. The number of anilines is 1. The predicted octanol–water partition coefficient (Wildman–Crippen LogP) is 6.60. The highest BCUT2D eigenvalue weighted by molar-refractivity contribution is 7.92. The smallest absolute Gasteiger partial charge is 0.264 e. The first-order valence-corrected chi connectivity index (χ1v) is 18.0. The number of hydrogen-bond acceptors (Lipinski definition) is 5. The SMILES string of the molecule is COc1ccc(C)cc1N(CC(=O)N(Cc1ccccc1)[C@@H](Cc1ccccc1)C(=O)NC1CCCCC1)S(=O)(=O)c1ccc(C)cc1. The fourth-order valence-corrected chi connectivity index (χ4v) is 7.64. The van der Waals surface area contributed by atoms with Gasteiger partial charge in [0.2, 0.25) is 11.8 Å². The van der Waals surface area contributed by atoms with Crippen LogP contribution in [0.25, 0.3) is 0 Å². The molecule has 2 amide bonds. The number of nitrogens with zero attached hydrogens (tertiary/aromatic N) is 2. The number of benzene rings is 4. The largest absolute Gasteiger partial charge is 0.495 e. The first kappa shape index (κ1) is 34.7. The quantitative estimate of drug-likeness (QED) is 0.174. The lowest BCUT2D eigenvalue weighted by molar-refractivity contribution is -0.140. The van der Waals surface area contributed by atoms with Gasteiger partial charge in [-0.2, -0.15) is 0 Å². The zero-order chi connectivity index (χ0) is 34.1. The summed E-state index contributed by atoms with van der Waals surface area (Å²) in [5.41, 5.74) is 3.69. The Morgan fingerprint density at radius 3 is 2.04 bits per heavy atom. The lowest BCUT2D eigenvalue weighted by Gasteiger charge is -2.35. The molecule has 1 fully saturated rings. The van der Waals surface area contributed by atoms with Crippen LogP contribution in [-0.2, 0) is 32.6 Å². The fraction of sp³-hybridized carbons (Fsp3) is 0.333. The summed E-state index contributed by atoms with van der Waals surface area (Å²) in [5.74, 6) is -0.427. The molecule has 1 atom stereocenters. The van der Waals surface area contributed by atoms with Gasteiger partial charge in [-0.15, -0.1) is 0 Å². The monoisotopic (exact) mass is 667 g/mol. The molecule has 0 aliphatic heterocycles. The van der Waals surface area contributed by atoms with Crippen molar-refractivity contribution in [2.24, 2.45) is 0 Å². The van der Waals surface area contributed by atoms with Crippen LogP contribution in [0.5, 0.6) is 5.75 Å². The lowest BCUT2D eigenvalue weighted by Crippen LogP contribution is -2.55. The molecule has 1 aliphatic rings. The number of ether oxygens (including phenoxy) is 1. The van der Waals surface area contributed by atoms with Gasteiger partial charge in [-0.3, -0.25) is 13.9 Å². The van der Waals surface area contributed by atoms with E-state index in [0.717, 1.165) is 58.7 Å². The number of rotatable bonds is 13. The highest BCUT2D eigenvalue weighted by Crippen LogP contribution is 2.34. The number of carbonyl (C=O) groups excluding carboxylic acids is 2. The first-order chi connectivity index (χ1) is 23.2. The number of sulfonamides is 1. The minimum atomic E-state index is -4.24. The topological polar surface area (TPSA) is 96.0 Å². The minimum Gasteiger partial charge on any atom is -0.495 e. The van der Waals surface area contributed by atoms with Crippen molar-refractivity contribution in [3.05, 3.63) is 125 Å². The minimum absolute atomic E-state index is 0.0353. The van der Waals surface area contributed by atoms with E-state index in [9.17, 15) is 18.0 Å². The van der Waals surface area contributed by atoms with E-state index < -0.39 is 28.5 Å². The Morgan fingerprint density at radius 2 is 1.42 bits per heavy atom. The number of aryl methyl sites for hydroxylation is 2. The van der Waals surface area contributed by atoms with E-state index in [1.807, 2.05) is 80.6 Å². The summed E-state index contributed by atoms with van der Waals surface area (Å²) < 4.78 is 35.6. The van der Waals surface area contributed by atoms with Crippen LogP contribution in [0.4, 0.5) is 5.69 Å². The molecule has 0 saturated heterocycles. The predicted molar refractivity (Wildman–Crippen MR) is 189 cm³/mol. The zero-order valence-corrected chi connectivity index (χ0v) is 28.8. The van der Waals surface area contributed by atoms with Gasteiger partial charge in [0, 0.05) is 19.0 Å². The molecule has 1 saturated carbocycles. The Bertz CT molecular complexity index is 1770. The van der Waals surface area contributed by atoms with Crippen LogP contribution < -0.4 is 14.4 Å². The van der Waals surface area contributed by atoms with Crippen LogP contribution in [0, 0.1) is 13.8 Å². The number of carbonyl (C=O) groups is 2. The molecule has 0 heterocycles. The fourth-order valence-electron chi connectivity index (χ4n) is 6.22. The molecule has 1 N–H and O–H groups in total. The number of amides is 2. The molecular formula is C39H45N3O5S. The summed E-state index contributed by atoms with van der Waals surface area (Å²) in [7, 11) is -2.77. The van der Waals surface area contributed by atoms with Gasteiger partial charge in [0.25, 0.3) is 10.0 Å². The van der Waals surface area contributed by atoms with Crippen LogP contribution >= 0.6 is 0 Å². The van der Waals surface area contributed by atoms with E-state index in [0.29, 0.717) is 5.75 Å². The van der Waals surface area contributed by atoms with Crippen molar-refractivity contribution in [2.45, 2.75) is 75.9 Å². The molecule has 0 spiro atoms. The molecule has 0 radical (unpaired) electrons. The molecule has 4 aromatic carbocycles. The molecule has 0 aromatic heterocycles. The van der Waals surface area contributed by atoms with Crippen molar-refractivity contribution in [1.82, 2.24) is 10.2 Å². The van der Waals surface area contributed by atoms with Gasteiger partial charge in [-0.25, -0.2) is 8.42 Å². The van der Waals surface area contributed by atoms with Crippen molar-refractivity contribution in [2.75, 3.05) is 18.0 Å². The zero-order valence-electron chi connectivity index (χ0n) is 28.0. The van der Waals surface area contributed by atoms with Gasteiger partial charge >= 0.3 is 0 Å². The van der Waals surface area contributed by atoms with Gasteiger partial charge in [0.05, 0.1) is 17.7 Å². The normalized spacial score (nSPS) is 14.1. The second kappa shape index (κ2) is 16.0. The second-order valence-corrected chi connectivity index (χ2v) is 14.4. The Hall–Kier alpha value is -4.63. The maximum atomic E-state index is 14.8. The van der Waals surface area contributed by atoms with Crippen molar-refractivity contribution in [3.8, 4) is 5.75 Å². The molecule has 4 aromatic rings. The van der Waals surface area contributed by atoms with E-state index >= 15 is 0 Å². The van der Waals surface area contributed by atoms with Crippen LogP contribution in [0.15, 0.2) is 108 Å². The first-order valence-electron chi connectivity index (χ1n) is 16.6. The lowest BCUT2D eigenvalue weighted by atomic mass is 9.94. The van der Waals surface area contributed by atoms with Crippen LogP contribution in [-0.4, -0.2) is 50.9 Å². The maximum absolute atomic E-state index is 14.8. The summed E-state index contributed by atoms with van der Waals surface area (Å²) in [4.78, 5) is 30.6. The second-order valence-electron chi connectivity index (χ2n) is 12.6. The molecule has 48 heavy (non-hydrogen) atoms. The Balaban J connectivity index is 1.59. The van der Waals surface area contributed by atoms with Gasteiger partial charge < -0.3 is 15.0 Å². The highest BCUT2D eigenvalue weighted by atomic mass is 32.2. The third-order valence-electron chi connectivity index (χ3n) is 8.91. The van der Waals surface area contributed by atoms with Crippen molar-refractivity contribution >= 4 is 27.5 Å². The van der Waals surface area contributed by atoms with Crippen molar-refractivity contribution < 1.29 is 22.7 Å². The third kappa shape index (κ3) is 8.63. The van der Waals surface area contributed by atoms with Crippen molar-refractivity contribution in [3.63, 3.8) is 0 Å². The summed E-state index contributed by atoms with van der Waals surface area (Å²) in [6, 6.07) is 30.0. The van der Waals surface area contributed by atoms with Gasteiger partial charge in [0.1, 0.15) is 18.3 Å². The van der Waals surface area contributed by atoms with Gasteiger partial charge in [0.15, 0.2) is 0 Å². The molecule has 0 unspecified atom stereocenters. The molecule has 8 nitrogen and oxygen atoms in total. The third-order valence-corrected chi connectivity index (χ3v) is 10.7.